The number of hydrogen-bond acceptors (Lipinski definition) is 2. The molecule has 1 amide bonds. The molecule has 2 rings (SSSR count). The maximum atomic E-state index is 12.4. The van der Waals surface area contributed by atoms with Crippen LogP contribution >= 0.6 is 0 Å². The lowest BCUT2D eigenvalue weighted by atomic mass is 9.74. The number of hydrogen-bond donors (Lipinski definition) is 1. The van der Waals surface area contributed by atoms with Gasteiger partial charge in [-0.05, 0) is 25.7 Å². The van der Waals surface area contributed by atoms with Crippen molar-refractivity contribution < 1.29 is 9.90 Å². The van der Waals surface area contributed by atoms with Gasteiger partial charge in [0.05, 0.1) is 6.10 Å². The molecule has 1 saturated heterocycles. The highest BCUT2D eigenvalue weighted by Gasteiger charge is 2.38. The van der Waals surface area contributed by atoms with E-state index in [1.165, 1.54) is 19.3 Å². The largest absolute Gasteiger partial charge is 0.391 e. The zero-order valence-electron chi connectivity index (χ0n) is 10.2. The number of aliphatic hydroxyl groups is 1. The van der Waals surface area contributed by atoms with Gasteiger partial charge in [0, 0.05) is 18.5 Å². The van der Waals surface area contributed by atoms with Gasteiger partial charge < -0.3 is 10.0 Å². The highest BCUT2D eigenvalue weighted by Crippen LogP contribution is 2.37. The Hall–Kier alpha value is -0.570. The third-order valence-corrected chi connectivity index (χ3v) is 4.16. The summed E-state index contributed by atoms with van der Waals surface area (Å²) in [6, 6.07) is 0. The van der Waals surface area contributed by atoms with Crippen molar-refractivity contribution in [2.45, 2.75) is 58.0 Å². The molecule has 0 aromatic carbocycles. The summed E-state index contributed by atoms with van der Waals surface area (Å²) in [7, 11) is 0. The second kappa shape index (κ2) is 4.74. The summed E-state index contributed by atoms with van der Waals surface area (Å²) in [6.07, 6.45) is 7.17. The van der Waals surface area contributed by atoms with E-state index in [4.69, 9.17) is 0 Å². The summed E-state index contributed by atoms with van der Waals surface area (Å²) < 4.78 is 0. The average molecular weight is 225 g/mol. The quantitative estimate of drug-likeness (QED) is 0.741. The minimum atomic E-state index is -0.301. The molecule has 2 fully saturated rings. The highest BCUT2D eigenvalue weighted by molar-refractivity contribution is 5.82. The molecule has 1 aliphatic heterocycles. The molecular formula is C13H23NO2. The molecule has 1 aliphatic carbocycles. The molecule has 3 nitrogen and oxygen atoms in total. The number of nitrogens with zero attached hydrogens (tertiary/aromatic N) is 1. The molecule has 1 saturated carbocycles. The van der Waals surface area contributed by atoms with E-state index in [2.05, 4.69) is 6.92 Å². The zero-order chi connectivity index (χ0) is 11.6. The Morgan fingerprint density at radius 1 is 1.25 bits per heavy atom. The number of carbonyl (C=O) groups is 1. The third-order valence-electron chi connectivity index (χ3n) is 4.16. The molecule has 0 bridgehead atoms. The van der Waals surface area contributed by atoms with Crippen molar-refractivity contribution in [2.75, 3.05) is 13.1 Å². The van der Waals surface area contributed by atoms with Crippen molar-refractivity contribution in [1.29, 1.82) is 0 Å². The Bertz CT molecular complexity index is 259. The molecule has 1 unspecified atom stereocenters. The van der Waals surface area contributed by atoms with Crippen LogP contribution in [0.1, 0.15) is 51.9 Å². The number of likely N-dealkylation sites (tertiary alicyclic amines) is 1. The zero-order valence-corrected chi connectivity index (χ0v) is 10.2. The highest BCUT2D eigenvalue weighted by atomic mass is 16.3. The predicted octanol–water partition coefficient (Wildman–Crippen LogP) is 1.94. The van der Waals surface area contributed by atoms with Crippen LogP contribution in [0.5, 0.6) is 0 Å². The third kappa shape index (κ3) is 2.40. The Morgan fingerprint density at radius 2 is 1.94 bits per heavy atom. The standard InChI is InChI=1S/C13H23NO2/c1-13(7-3-2-4-8-13)12(16)14-9-5-6-11(15)10-14/h11,15H,2-10H2,1H3. The molecule has 1 atom stereocenters. The van der Waals surface area contributed by atoms with E-state index in [-0.39, 0.29) is 17.4 Å². The first-order valence-electron chi connectivity index (χ1n) is 6.59. The van der Waals surface area contributed by atoms with Crippen molar-refractivity contribution in [3.05, 3.63) is 0 Å². The summed E-state index contributed by atoms with van der Waals surface area (Å²) in [5.41, 5.74) is -0.144. The number of β-amino-alcohol motifs (C(OH)–C–C–N with tert-alkyl or cyclic N) is 1. The average Bonchev–Trinajstić information content (AvgIpc) is 2.29. The van der Waals surface area contributed by atoms with Crippen molar-refractivity contribution >= 4 is 5.91 Å². The van der Waals surface area contributed by atoms with Crippen LogP contribution in [-0.4, -0.2) is 35.1 Å². The minimum Gasteiger partial charge on any atom is -0.391 e. The first-order chi connectivity index (χ1) is 7.62. The van der Waals surface area contributed by atoms with E-state index in [0.717, 1.165) is 32.2 Å². The van der Waals surface area contributed by atoms with Gasteiger partial charge in [-0.2, -0.15) is 0 Å². The summed E-state index contributed by atoms with van der Waals surface area (Å²) in [6.45, 7) is 3.50. The molecule has 0 aromatic heterocycles. The van der Waals surface area contributed by atoms with Gasteiger partial charge in [-0.1, -0.05) is 26.2 Å². The van der Waals surface area contributed by atoms with Crippen molar-refractivity contribution in [3.8, 4) is 0 Å². The van der Waals surface area contributed by atoms with E-state index >= 15 is 0 Å². The summed E-state index contributed by atoms with van der Waals surface area (Å²) in [5.74, 6) is 0.283. The Morgan fingerprint density at radius 3 is 2.56 bits per heavy atom. The van der Waals surface area contributed by atoms with Gasteiger partial charge in [-0.15, -0.1) is 0 Å². The van der Waals surface area contributed by atoms with Crippen LogP contribution in [0.4, 0.5) is 0 Å². The van der Waals surface area contributed by atoms with Crippen LogP contribution in [-0.2, 0) is 4.79 Å². The maximum Gasteiger partial charge on any atom is 0.228 e. The van der Waals surface area contributed by atoms with Gasteiger partial charge >= 0.3 is 0 Å². The van der Waals surface area contributed by atoms with Gasteiger partial charge in [0.1, 0.15) is 0 Å². The summed E-state index contributed by atoms with van der Waals surface area (Å²) in [4.78, 5) is 14.3. The number of aliphatic hydroxyl groups excluding tert-OH is 1. The van der Waals surface area contributed by atoms with Crippen LogP contribution in [0.25, 0.3) is 0 Å². The summed E-state index contributed by atoms with van der Waals surface area (Å²) >= 11 is 0. The Labute approximate surface area is 97.8 Å². The van der Waals surface area contributed by atoms with Crippen LogP contribution in [0, 0.1) is 5.41 Å². The van der Waals surface area contributed by atoms with Gasteiger partial charge in [-0.25, -0.2) is 0 Å². The second-order valence-corrected chi connectivity index (χ2v) is 5.67. The van der Waals surface area contributed by atoms with Gasteiger partial charge in [0.15, 0.2) is 0 Å². The Balaban J connectivity index is 1.99. The van der Waals surface area contributed by atoms with Gasteiger partial charge in [-0.3, -0.25) is 4.79 Å². The molecule has 1 heterocycles. The topological polar surface area (TPSA) is 40.5 Å². The van der Waals surface area contributed by atoms with Crippen LogP contribution in [0.2, 0.25) is 0 Å². The molecule has 1 N–H and O–H groups in total. The van der Waals surface area contributed by atoms with Gasteiger partial charge in [0.2, 0.25) is 5.91 Å². The first kappa shape index (κ1) is 11.9. The monoisotopic (exact) mass is 225 g/mol. The van der Waals surface area contributed by atoms with E-state index in [1.54, 1.807) is 0 Å². The van der Waals surface area contributed by atoms with Crippen molar-refractivity contribution in [1.82, 2.24) is 4.90 Å². The number of carbonyl (C=O) groups excluding carboxylic acids is 1. The fraction of sp³-hybridized carbons (Fsp3) is 0.923. The van der Waals surface area contributed by atoms with E-state index in [0.29, 0.717) is 6.54 Å². The molecule has 0 radical (unpaired) electrons. The molecule has 92 valence electrons. The minimum absolute atomic E-state index is 0.144. The maximum absolute atomic E-state index is 12.4. The SMILES string of the molecule is CC1(C(=O)N2CCCC(O)C2)CCCCC1. The normalized spacial score (nSPS) is 30.1. The van der Waals surface area contributed by atoms with E-state index in [9.17, 15) is 9.90 Å². The molecular weight excluding hydrogens is 202 g/mol. The van der Waals surface area contributed by atoms with Crippen molar-refractivity contribution in [3.63, 3.8) is 0 Å². The van der Waals surface area contributed by atoms with Crippen LogP contribution in [0.15, 0.2) is 0 Å². The lowest BCUT2D eigenvalue weighted by molar-refractivity contribution is -0.146. The number of amides is 1. The fourth-order valence-corrected chi connectivity index (χ4v) is 3.07. The van der Waals surface area contributed by atoms with Gasteiger partial charge in [0.25, 0.3) is 0 Å². The predicted molar refractivity (Wildman–Crippen MR) is 63.0 cm³/mol. The van der Waals surface area contributed by atoms with Crippen LogP contribution in [0.3, 0.4) is 0 Å². The number of rotatable bonds is 1. The Kier molecular flexibility index (Phi) is 3.53. The van der Waals surface area contributed by atoms with Crippen molar-refractivity contribution in [2.24, 2.45) is 5.41 Å². The number of piperidine rings is 1. The second-order valence-electron chi connectivity index (χ2n) is 5.67. The van der Waals surface area contributed by atoms with E-state index in [1.807, 2.05) is 4.90 Å². The summed E-state index contributed by atoms with van der Waals surface area (Å²) in [5, 5.41) is 9.62. The molecule has 16 heavy (non-hydrogen) atoms. The first-order valence-corrected chi connectivity index (χ1v) is 6.59. The lowest BCUT2D eigenvalue weighted by Crippen LogP contribution is -2.49. The van der Waals surface area contributed by atoms with E-state index < -0.39 is 0 Å². The lowest BCUT2D eigenvalue weighted by Gasteiger charge is -2.39. The van der Waals surface area contributed by atoms with Crippen LogP contribution < -0.4 is 0 Å². The molecule has 0 spiro atoms. The molecule has 2 aliphatic rings. The molecule has 3 heteroatoms. The smallest absolute Gasteiger partial charge is 0.228 e. The fourth-order valence-electron chi connectivity index (χ4n) is 3.07. The molecule has 0 aromatic rings.